The van der Waals surface area contributed by atoms with E-state index in [1.165, 1.54) is 13.0 Å². The molecule has 214 valence electrons. The molecule has 4 aliphatic carbocycles. The van der Waals surface area contributed by atoms with Crippen LogP contribution in [0.2, 0.25) is 0 Å². The number of fused-ring (bicyclic) bond motifs is 7. The van der Waals surface area contributed by atoms with E-state index in [4.69, 9.17) is 4.74 Å². The van der Waals surface area contributed by atoms with Crippen LogP contribution >= 0.6 is 0 Å². The highest BCUT2D eigenvalue weighted by Gasteiger charge is 2.77. The van der Waals surface area contributed by atoms with E-state index in [0.717, 1.165) is 11.1 Å². The largest absolute Gasteiger partial charge is 0.458 e. The van der Waals surface area contributed by atoms with Gasteiger partial charge in [0, 0.05) is 37.9 Å². The van der Waals surface area contributed by atoms with Crippen LogP contribution in [-0.2, 0) is 25.7 Å². The summed E-state index contributed by atoms with van der Waals surface area (Å²) in [6.07, 6.45) is 4.72. The molecular formula is C33H40FNO5. The van der Waals surface area contributed by atoms with Crippen molar-refractivity contribution in [2.24, 2.45) is 39.9 Å². The van der Waals surface area contributed by atoms with Crippen LogP contribution in [0.25, 0.3) is 0 Å². The number of nitrogens with zero attached hydrogens (tertiary/aromatic N) is 1. The fraction of sp³-hybridized carbons (Fsp3) is 0.606. The second-order valence-corrected chi connectivity index (χ2v) is 13.6. The van der Waals surface area contributed by atoms with E-state index in [-0.39, 0.29) is 42.3 Å². The van der Waals surface area contributed by atoms with Crippen molar-refractivity contribution in [2.75, 3.05) is 19.7 Å². The van der Waals surface area contributed by atoms with Gasteiger partial charge >= 0.3 is 5.97 Å². The number of hydrogen-bond acceptors (Lipinski definition) is 6. The van der Waals surface area contributed by atoms with Gasteiger partial charge in [-0.15, -0.1) is 0 Å². The molecule has 5 aliphatic rings. The molecule has 3 saturated carbocycles. The number of ketones is 2. The molecule has 6 nitrogen and oxygen atoms in total. The highest BCUT2D eigenvalue weighted by Crippen LogP contribution is 2.74. The molecule has 7 heteroatoms. The molecule has 1 heterocycles. The summed E-state index contributed by atoms with van der Waals surface area (Å²) in [6, 6.07) is 10.1. The number of carbonyl (C=O) groups is 3. The van der Waals surface area contributed by atoms with Gasteiger partial charge in [-0.05, 0) is 67.1 Å². The van der Waals surface area contributed by atoms with Crippen molar-refractivity contribution in [3.8, 4) is 0 Å². The number of ether oxygens (including phenoxy) is 1. The van der Waals surface area contributed by atoms with Crippen LogP contribution < -0.4 is 0 Å². The maximum atomic E-state index is 17.7. The lowest BCUT2D eigenvalue weighted by molar-refractivity contribution is -0.211. The predicted molar refractivity (Wildman–Crippen MR) is 148 cm³/mol. The molecule has 9 atom stereocenters. The summed E-state index contributed by atoms with van der Waals surface area (Å²) in [4.78, 5) is 40.5. The molecule has 1 saturated heterocycles. The first-order valence-electron chi connectivity index (χ1n) is 14.6. The molecule has 0 unspecified atom stereocenters. The third-order valence-electron chi connectivity index (χ3n) is 11.7. The van der Waals surface area contributed by atoms with Crippen molar-refractivity contribution in [3.63, 3.8) is 0 Å². The minimum Gasteiger partial charge on any atom is -0.458 e. The number of halogens is 1. The summed E-state index contributed by atoms with van der Waals surface area (Å²) in [5.41, 5.74) is -2.65. The Morgan fingerprint density at radius 3 is 2.58 bits per heavy atom. The number of allylic oxidation sites excluding steroid dienone is 4. The summed E-state index contributed by atoms with van der Waals surface area (Å²) in [5, 5.41) is 11.8. The standard InChI is InChI=1S/C33H40FNO5/c1-20-12-27-26-13-23-17-35(16-22-8-6-5-7-9-22)19-32(23,29(39)18-40-21(2)36)31(26,4)15-28(38)33(27,34)30(3)11-10-24(37)14-25(20)30/h5-11,14,20,23,26-28,38H,12-13,15-19H2,1-4H3/t20-,23-,26-,27-,28-,30-,31-,32+,33-/m0/s1. The van der Waals surface area contributed by atoms with E-state index in [9.17, 15) is 19.5 Å². The van der Waals surface area contributed by atoms with Gasteiger partial charge in [-0.1, -0.05) is 55.8 Å². The first kappa shape index (κ1) is 27.5. The molecule has 0 amide bonds. The van der Waals surface area contributed by atoms with Crippen molar-refractivity contribution in [1.29, 1.82) is 0 Å². The van der Waals surface area contributed by atoms with E-state index >= 15 is 4.39 Å². The molecule has 0 radical (unpaired) electrons. The Morgan fingerprint density at radius 2 is 1.88 bits per heavy atom. The van der Waals surface area contributed by atoms with Gasteiger partial charge in [0.1, 0.15) is 0 Å². The Morgan fingerprint density at radius 1 is 1.15 bits per heavy atom. The molecule has 40 heavy (non-hydrogen) atoms. The number of benzene rings is 1. The van der Waals surface area contributed by atoms with Gasteiger partial charge in [0.15, 0.2) is 23.8 Å². The number of hydrogen-bond donors (Lipinski definition) is 1. The van der Waals surface area contributed by atoms with E-state index in [1.54, 1.807) is 12.2 Å². The molecule has 1 N–H and O–H groups in total. The SMILES string of the molecule is CC(=O)OCC(=O)[C@@]12CN(Cc3ccccc3)C[C@@H]1C[C@H]1[C@@H]3C[C@H](C)C4=CC(=O)C=C[C@]4(C)[C@@]3(F)[C@@H](O)C[C@@]12C. The lowest BCUT2D eigenvalue weighted by atomic mass is 9.42. The molecule has 4 fully saturated rings. The molecule has 0 bridgehead atoms. The number of esters is 1. The first-order chi connectivity index (χ1) is 18.9. The average molecular weight is 550 g/mol. The summed E-state index contributed by atoms with van der Waals surface area (Å²) in [5.74, 6) is -1.41. The zero-order valence-corrected chi connectivity index (χ0v) is 23.9. The number of Topliss-reactive ketones (excluding diaryl/α,β-unsaturated/α-hetero) is 1. The summed E-state index contributed by atoms with van der Waals surface area (Å²) in [7, 11) is 0. The third kappa shape index (κ3) is 3.56. The predicted octanol–water partition coefficient (Wildman–Crippen LogP) is 4.46. The number of aliphatic hydroxyl groups excluding tert-OH is 1. The Labute approximate surface area is 235 Å². The van der Waals surface area contributed by atoms with E-state index in [1.807, 2.05) is 32.0 Å². The van der Waals surface area contributed by atoms with Crippen molar-refractivity contribution >= 4 is 17.5 Å². The zero-order chi connectivity index (χ0) is 28.7. The maximum Gasteiger partial charge on any atom is 0.303 e. The average Bonchev–Trinajstić information content (AvgIpc) is 3.38. The molecule has 6 rings (SSSR count). The van der Waals surface area contributed by atoms with E-state index in [2.05, 4.69) is 24.0 Å². The summed E-state index contributed by atoms with van der Waals surface area (Å²) < 4.78 is 23.0. The lowest BCUT2D eigenvalue weighted by Crippen LogP contribution is -2.69. The smallest absolute Gasteiger partial charge is 0.303 e. The Kier molecular flexibility index (Phi) is 6.32. The Balaban J connectivity index is 1.41. The lowest BCUT2D eigenvalue weighted by Gasteiger charge is -2.64. The number of alkyl halides is 1. The van der Waals surface area contributed by atoms with Crippen molar-refractivity contribution in [2.45, 2.75) is 65.3 Å². The van der Waals surface area contributed by atoms with Gasteiger partial charge in [0.25, 0.3) is 0 Å². The first-order valence-corrected chi connectivity index (χ1v) is 14.6. The molecule has 1 aliphatic heterocycles. The monoisotopic (exact) mass is 549 g/mol. The summed E-state index contributed by atoms with van der Waals surface area (Å²) >= 11 is 0. The fourth-order valence-corrected chi connectivity index (χ4v) is 10.0. The third-order valence-corrected chi connectivity index (χ3v) is 11.7. The van der Waals surface area contributed by atoms with Crippen molar-refractivity contribution in [1.82, 2.24) is 4.90 Å². The molecule has 0 spiro atoms. The van der Waals surface area contributed by atoms with E-state index in [0.29, 0.717) is 32.5 Å². The van der Waals surface area contributed by atoms with Crippen LogP contribution in [0.4, 0.5) is 4.39 Å². The Bertz CT molecular complexity index is 1310. The maximum absolute atomic E-state index is 17.7. The van der Waals surface area contributed by atoms with Gasteiger partial charge in [-0.2, -0.15) is 0 Å². The second-order valence-electron chi connectivity index (χ2n) is 13.6. The number of likely N-dealkylation sites (tertiary alicyclic amines) is 1. The van der Waals surface area contributed by atoms with Gasteiger partial charge in [-0.3, -0.25) is 19.3 Å². The number of rotatable bonds is 5. The van der Waals surface area contributed by atoms with Gasteiger partial charge in [0.2, 0.25) is 0 Å². The van der Waals surface area contributed by atoms with Crippen LogP contribution in [0.1, 0.15) is 52.5 Å². The zero-order valence-electron chi connectivity index (χ0n) is 23.9. The van der Waals surface area contributed by atoms with Crippen LogP contribution in [0.5, 0.6) is 0 Å². The Hall–Kier alpha value is -2.64. The molecule has 0 aromatic heterocycles. The number of aliphatic hydroxyl groups is 1. The van der Waals surface area contributed by atoms with Crippen LogP contribution in [-0.4, -0.2) is 59.0 Å². The van der Waals surface area contributed by atoms with Crippen LogP contribution in [0.15, 0.2) is 54.1 Å². The van der Waals surface area contributed by atoms with Crippen molar-refractivity contribution < 1.29 is 28.6 Å². The fourth-order valence-electron chi connectivity index (χ4n) is 10.0. The van der Waals surface area contributed by atoms with Crippen LogP contribution in [0.3, 0.4) is 0 Å². The molecule has 1 aromatic rings. The number of carbonyl (C=O) groups excluding carboxylic acids is 3. The normalized spacial score (nSPS) is 43.8. The quantitative estimate of drug-likeness (QED) is 0.546. The minimum atomic E-state index is -1.95. The van der Waals surface area contributed by atoms with Gasteiger partial charge in [0.05, 0.1) is 11.5 Å². The molecular weight excluding hydrogens is 509 g/mol. The summed E-state index contributed by atoms with van der Waals surface area (Å²) in [6.45, 7) is 8.84. The van der Waals surface area contributed by atoms with Crippen LogP contribution in [0, 0.1) is 39.9 Å². The molecule has 1 aromatic carbocycles. The highest BCUT2D eigenvalue weighted by atomic mass is 19.1. The highest BCUT2D eigenvalue weighted by molar-refractivity contribution is 6.01. The van der Waals surface area contributed by atoms with Gasteiger partial charge < -0.3 is 9.84 Å². The minimum absolute atomic E-state index is 0.0231. The van der Waals surface area contributed by atoms with E-state index < -0.39 is 39.9 Å². The van der Waals surface area contributed by atoms with Gasteiger partial charge in [-0.25, -0.2) is 4.39 Å². The second kappa shape index (κ2) is 9.18. The van der Waals surface area contributed by atoms with Crippen molar-refractivity contribution in [3.05, 3.63) is 59.7 Å². The topological polar surface area (TPSA) is 83.9 Å².